The average molecular weight is 353 g/mol. The van der Waals surface area contributed by atoms with Crippen LogP contribution in [0, 0.1) is 12.7 Å². The Bertz CT molecular complexity index is 911. The van der Waals surface area contributed by atoms with Crippen LogP contribution in [-0.2, 0) is 26.1 Å². The van der Waals surface area contributed by atoms with Crippen molar-refractivity contribution >= 4 is 0 Å². The van der Waals surface area contributed by atoms with Crippen molar-refractivity contribution in [3.8, 4) is 11.3 Å². The second-order valence-electron chi connectivity index (χ2n) is 6.97. The van der Waals surface area contributed by atoms with Gasteiger partial charge in [0.25, 0.3) is 0 Å². The first-order valence-electron chi connectivity index (χ1n) is 9.22. The van der Waals surface area contributed by atoms with Crippen LogP contribution in [0.4, 0.5) is 4.39 Å². The highest BCUT2D eigenvalue weighted by atomic mass is 19.1. The predicted octanol–water partition coefficient (Wildman–Crippen LogP) is 3.69. The van der Waals surface area contributed by atoms with Gasteiger partial charge in [0, 0.05) is 61.2 Å². The van der Waals surface area contributed by atoms with E-state index in [9.17, 15) is 4.39 Å². The molecule has 6 heteroatoms. The second-order valence-corrected chi connectivity index (χ2v) is 6.97. The molecule has 0 aliphatic carbocycles. The number of hydrogen-bond donors (Lipinski definition) is 1. The largest absolute Gasteiger partial charge is 0.294 e. The summed E-state index contributed by atoms with van der Waals surface area (Å²) in [5, 5.41) is 12.1. The number of aromatic amines is 1. The van der Waals surface area contributed by atoms with Gasteiger partial charge in [0.2, 0.25) is 0 Å². The van der Waals surface area contributed by atoms with E-state index in [-0.39, 0.29) is 5.82 Å². The number of nitrogens with zero attached hydrogens (tertiary/aromatic N) is 4. The van der Waals surface area contributed by atoms with Gasteiger partial charge in [-0.25, -0.2) is 4.39 Å². The quantitative estimate of drug-likeness (QED) is 0.761. The fourth-order valence-corrected chi connectivity index (χ4v) is 3.66. The van der Waals surface area contributed by atoms with Crippen molar-refractivity contribution in [2.45, 2.75) is 46.3 Å². The summed E-state index contributed by atoms with van der Waals surface area (Å²) in [7, 11) is 0. The summed E-state index contributed by atoms with van der Waals surface area (Å²) >= 11 is 0. The predicted molar refractivity (Wildman–Crippen MR) is 99.1 cm³/mol. The number of aromatic nitrogens is 4. The van der Waals surface area contributed by atoms with E-state index in [4.69, 9.17) is 0 Å². The first kappa shape index (κ1) is 17.0. The third kappa shape index (κ3) is 3.17. The highest BCUT2D eigenvalue weighted by molar-refractivity contribution is 5.64. The number of nitrogens with one attached hydrogen (secondary N) is 1. The van der Waals surface area contributed by atoms with Crippen LogP contribution >= 0.6 is 0 Å². The van der Waals surface area contributed by atoms with E-state index in [1.807, 2.05) is 10.7 Å². The first-order valence-corrected chi connectivity index (χ1v) is 9.22. The number of fused-ring (bicyclic) bond motifs is 1. The Morgan fingerprint density at radius 2 is 2.12 bits per heavy atom. The molecule has 0 saturated carbocycles. The fourth-order valence-electron chi connectivity index (χ4n) is 3.66. The Hall–Kier alpha value is -2.47. The molecule has 1 aliphatic rings. The zero-order chi connectivity index (χ0) is 18.1. The van der Waals surface area contributed by atoms with Gasteiger partial charge in [-0.05, 0) is 25.5 Å². The second kappa shape index (κ2) is 7.03. The molecule has 26 heavy (non-hydrogen) atoms. The molecule has 0 spiro atoms. The van der Waals surface area contributed by atoms with Gasteiger partial charge in [-0.3, -0.25) is 14.7 Å². The zero-order valence-corrected chi connectivity index (χ0v) is 15.3. The Morgan fingerprint density at radius 3 is 2.92 bits per heavy atom. The number of aryl methyl sites for hydroxylation is 2. The highest BCUT2D eigenvalue weighted by Crippen LogP contribution is 2.30. The lowest BCUT2D eigenvalue weighted by Gasteiger charge is -2.26. The lowest BCUT2D eigenvalue weighted by molar-refractivity contribution is 0.244. The summed E-state index contributed by atoms with van der Waals surface area (Å²) in [5.41, 5.74) is 5.89. The average Bonchev–Trinajstić information content (AvgIpc) is 3.19. The number of rotatable bonds is 5. The summed E-state index contributed by atoms with van der Waals surface area (Å²) in [6.07, 6.45) is 4.13. The molecule has 3 heterocycles. The molecule has 136 valence electrons. The van der Waals surface area contributed by atoms with E-state index in [0.717, 1.165) is 61.7 Å². The molecule has 1 N–H and O–H groups in total. The minimum atomic E-state index is -0.226. The SMILES string of the molecule is CCCn1cc(CN2CCc3[nH]nc(-c4ccccc4F)c3C2)c(C)n1. The summed E-state index contributed by atoms with van der Waals surface area (Å²) in [6, 6.07) is 6.85. The van der Waals surface area contributed by atoms with Gasteiger partial charge in [-0.1, -0.05) is 19.1 Å². The first-order chi connectivity index (χ1) is 12.7. The number of hydrogen-bond acceptors (Lipinski definition) is 3. The van der Waals surface area contributed by atoms with Crippen LogP contribution in [0.15, 0.2) is 30.5 Å². The van der Waals surface area contributed by atoms with Crippen LogP contribution in [0.1, 0.15) is 35.9 Å². The van der Waals surface area contributed by atoms with Crippen molar-refractivity contribution in [1.82, 2.24) is 24.9 Å². The topological polar surface area (TPSA) is 49.7 Å². The van der Waals surface area contributed by atoms with Crippen molar-refractivity contribution in [1.29, 1.82) is 0 Å². The Morgan fingerprint density at radius 1 is 1.27 bits per heavy atom. The molecule has 2 aromatic heterocycles. The summed E-state index contributed by atoms with van der Waals surface area (Å²) in [5.74, 6) is -0.226. The van der Waals surface area contributed by atoms with Crippen LogP contribution in [0.25, 0.3) is 11.3 Å². The van der Waals surface area contributed by atoms with Crippen molar-refractivity contribution in [3.05, 3.63) is 58.8 Å². The van der Waals surface area contributed by atoms with Crippen LogP contribution in [0.3, 0.4) is 0 Å². The molecular formula is C20H24FN5. The molecule has 0 bridgehead atoms. The maximum Gasteiger partial charge on any atom is 0.132 e. The molecule has 0 radical (unpaired) electrons. The van der Waals surface area contributed by atoms with Gasteiger partial charge >= 0.3 is 0 Å². The molecular weight excluding hydrogens is 329 g/mol. The van der Waals surface area contributed by atoms with E-state index in [1.165, 1.54) is 11.6 Å². The third-order valence-electron chi connectivity index (χ3n) is 5.04. The summed E-state index contributed by atoms with van der Waals surface area (Å²) in [6.45, 7) is 7.77. The van der Waals surface area contributed by atoms with E-state index in [1.54, 1.807) is 12.1 Å². The molecule has 0 unspecified atom stereocenters. The molecule has 3 aromatic rings. The van der Waals surface area contributed by atoms with Crippen molar-refractivity contribution in [3.63, 3.8) is 0 Å². The van der Waals surface area contributed by atoms with Gasteiger partial charge in [-0.2, -0.15) is 10.2 Å². The number of benzene rings is 1. The Labute approximate surface area is 152 Å². The van der Waals surface area contributed by atoms with Crippen molar-refractivity contribution < 1.29 is 4.39 Å². The molecule has 1 aromatic carbocycles. The van der Waals surface area contributed by atoms with Gasteiger partial charge in [-0.15, -0.1) is 0 Å². The molecule has 0 atom stereocenters. The summed E-state index contributed by atoms with van der Waals surface area (Å²) in [4.78, 5) is 2.39. The lowest BCUT2D eigenvalue weighted by atomic mass is 10.0. The smallest absolute Gasteiger partial charge is 0.132 e. The Kier molecular flexibility index (Phi) is 4.59. The lowest BCUT2D eigenvalue weighted by Crippen LogP contribution is -2.30. The molecule has 1 aliphatic heterocycles. The molecule has 5 nitrogen and oxygen atoms in total. The summed E-state index contributed by atoms with van der Waals surface area (Å²) < 4.78 is 16.2. The molecule has 4 rings (SSSR count). The van der Waals surface area contributed by atoms with E-state index in [2.05, 4.69) is 40.2 Å². The van der Waals surface area contributed by atoms with Crippen molar-refractivity contribution in [2.24, 2.45) is 0 Å². The van der Waals surface area contributed by atoms with Crippen LogP contribution < -0.4 is 0 Å². The van der Waals surface area contributed by atoms with Gasteiger partial charge < -0.3 is 0 Å². The minimum Gasteiger partial charge on any atom is -0.294 e. The Balaban J connectivity index is 1.56. The standard InChI is InChI=1S/C20H24FN5/c1-3-9-26-12-15(14(2)24-26)11-25-10-8-19-17(13-25)20(23-22-19)16-6-4-5-7-18(16)21/h4-7,12H,3,8-11,13H2,1-2H3,(H,22,23). The molecule has 0 saturated heterocycles. The van der Waals surface area contributed by atoms with E-state index < -0.39 is 0 Å². The monoisotopic (exact) mass is 353 g/mol. The fraction of sp³-hybridized carbons (Fsp3) is 0.400. The molecule has 0 fully saturated rings. The van der Waals surface area contributed by atoms with Crippen LogP contribution in [0.2, 0.25) is 0 Å². The van der Waals surface area contributed by atoms with Gasteiger partial charge in [0.05, 0.1) is 11.4 Å². The van der Waals surface area contributed by atoms with Crippen molar-refractivity contribution in [2.75, 3.05) is 6.54 Å². The van der Waals surface area contributed by atoms with Gasteiger partial charge in [0.1, 0.15) is 5.82 Å². The third-order valence-corrected chi connectivity index (χ3v) is 5.04. The van der Waals surface area contributed by atoms with Crippen LogP contribution in [0.5, 0.6) is 0 Å². The highest BCUT2D eigenvalue weighted by Gasteiger charge is 2.24. The maximum atomic E-state index is 14.2. The zero-order valence-electron chi connectivity index (χ0n) is 15.3. The normalized spacial score (nSPS) is 14.6. The van der Waals surface area contributed by atoms with Crippen LogP contribution in [-0.4, -0.2) is 31.4 Å². The van der Waals surface area contributed by atoms with E-state index >= 15 is 0 Å². The number of H-pyrrole nitrogens is 1. The maximum absolute atomic E-state index is 14.2. The number of halogens is 1. The van der Waals surface area contributed by atoms with E-state index in [0.29, 0.717) is 5.56 Å². The van der Waals surface area contributed by atoms with Gasteiger partial charge in [0.15, 0.2) is 0 Å². The minimum absolute atomic E-state index is 0.226. The molecule has 0 amide bonds.